The molecule has 1 saturated heterocycles. The van der Waals surface area contributed by atoms with Crippen molar-refractivity contribution in [2.24, 2.45) is 0 Å². The molecule has 0 aromatic heterocycles. The van der Waals surface area contributed by atoms with E-state index in [1.165, 1.54) is 20.0 Å². The van der Waals surface area contributed by atoms with E-state index in [4.69, 9.17) is 9.47 Å². The number of hydrogen-bond donors (Lipinski definition) is 2. The van der Waals surface area contributed by atoms with Crippen LogP contribution in [-0.4, -0.2) is 23.6 Å². The smallest absolute Gasteiger partial charge is 0.350 e. The summed E-state index contributed by atoms with van der Waals surface area (Å²) in [5.74, 6) is -2.85. The Labute approximate surface area is 140 Å². The van der Waals surface area contributed by atoms with E-state index in [9.17, 15) is 14.4 Å². The van der Waals surface area contributed by atoms with Crippen LogP contribution in [0.2, 0.25) is 0 Å². The van der Waals surface area contributed by atoms with Gasteiger partial charge in [-0.3, -0.25) is 4.79 Å². The zero-order chi connectivity index (χ0) is 17.7. The molecule has 2 N–H and O–H groups in total. The van der Waals surface area contributed by atoms with Crippen molar-refractivity contribution in [2.75, 3.05) is 10.6 Å². The number of anilines is 2. The molecule has 24 heavy (non-hydrogen) atoms. The molecule has 7 nitrogen and oxygen atoms in total. The van der Waals surface area contributed by atoms with Gasteiger partial charge in [-0.15, -0.1) is 0 Å². The number of benzene rings is 1. The minimum absolute atomic E-state index is 0.0744. The van der Waals surface area contributed by atoms with E-state index in [1.807, 2.05) is 6.92 Å². The maximum atomic E-state index is 11.8. The van der Waals surface area contributed by atoms with Crippen molar-refractivity contribution in [3.05, 3.63) is 36.0 Å². The van der Waals surface area contributed by atoms with Gasteiger partial charge in [0.2, 0.25) is 5.91 Å². The Morgan fingerprint density at radius 1 is 1.17 bits per heavy atom. The number of esters is 2. The highest BCUT2D eigenvalue weighted by atomic mass is 16.7. The first-order valence-electron chi connectivity index (χ1n) is 7.64. The lowest BCUT2D eigenvalue weighted by molar-refractivity contribution is -0.222. The normalized spacial score (nSPS) is 16.0. The first-order valence-corrected chi connectivity index (χ1v) is 7.64. The van der Waals surface area contributed by atoms with Gasteiger partial charge in [0.15, 0.2) is 5.57 Å². The molecular formula is C17H20N2O5. The van der Waals surface area contributed by atoms with Crippen molar-refractivity contribution in [1.82, 2.24) is 0 Å². The van der Waals surface area contributed by atoms with E-state index in [0.29, 0.717) is 17.8 Å². The van der Waals surface area contributed by atoms with Crippen LogP contribution < -0.4 is 10.6 Å². The Hall–Kier alpha value is -2.83. The van der Waals surface area contributed by atoms with E-state index >= 15 is 0 Å². The van der Waals surface area contributed by atoms with Gasteiger partial charge in [0, 0.05) is 37.8 Å². The molecule has 1 aromatic carbocycles. The predicted molar refractivity (Wildman–Crippen MR) is 87.9 cm³/mol. The molecule has 1 aromatic rings. The second-order valence-corrected chi connectivity index (χ2v) is 5.76. The number of carbonyl (C=O) groups is 3. The van der Waals surface area contributed by atoms with Gasteiger partial charge in [0.25, 0.3) is 5.79 Å². The van der Waals surface area contributed by atoms with Crippen LogP contribution in [0.15, 0.2) is 36.0 Å². The van der Waals surface area contributed by atoms with Crippen molar-refractivity contribution < 1.29 is 23.9 Å². The average Bonchev–Trinajstić information content (AvgIpc) is 2.45. The van der Waals surface area contributed by atoms with Crippen molar-refractivity contribution in [3.8, 4) is 0 Å². The van der Waals surface area contributed by atoms with Crippen LogP contribution in [0.3, 0.4) is 0 Å². The van der Waals surface area contributed by atoms with Gasteiger partial charge in [-0.1, -0.05) is 13.0 Å². The molecule has 1 aliphatic heterocycles. The monoisotopic (exact) mass is 332 g/mol. The quantitative estimate of drug-likeness (QED) is 0.489. The maximum absolute atomic E-state index is 11.8. The fourth-order valence-electron chi connectivity index (χ4n) is 2.07. The molecule has 1 amide bonds. The second kappa shape index (κ2) is 7.16. The molecule has 0 spiro atoms. The van der Waals surface area contributed by atoms with Crippen LogP contribution in [0.25, 0.3) is 0 Å². The molecule has 0 atom stereocenters. The summed E-state index contributed by atoms with van der Waals surface area (Å²) in [4.78, 5) is 35.3. The number of nitrogens with one attached hydrogen (secondary N) is 2. The molecule has 0 bridgehead atoms. The van der Waals surface area contributed by atoms with Crippen LogP contribution in [0, 0.1) is 0 Å². The summed E-state index contributed by atoms with van der Waals surface area (Å²) >= 11 is 0. The summed E-state index contributed by atoms with van der Waals surface area (Å²) in [5, 5.41) is 5.60. The summed E-state index contributed by atoms with van der Waals surface area (Å²) in [5.41, 5.74) is 0.990. The van der Waals surface area contributed by atoms with Gasteiger partial charge in [-0.2, -0.15) is 0 Å². The van der Waals surface area contributed by atoms with Gasteiger partial charge in [-0.05, 0) is 24.6 Å². The van der Waals surface area contributed by atoms with Crippen molar-refractivity contribution in [3.63, 3.8) is 0 Å². The summed E-state index contributed by atoms with van der Waals surface area (Å²) in [6.45, 7) is 4.89. The highest BCUT2D eigenvalue weighted by molar-refractivity contribution is 6.15. The third-order valence-corrected chi connectivity index (χ3v) is 3.12. The molecule has 128 valence electrons. The van der Waals surface area contributed by atoms with E-state index in [0.717, 1.165) is 6.42 Å². The number of rotatable bonds is 5. The van der Waals surface area contributed by atoms with Crippen LogP contribution in [0.5, 0.6) is 0 Å². The lowest BCUT2D eigenvalue weighted by Gasteiger charge is -2.29. The maximum Gasteiger partial charge on any atom is 0.350 e. The fraction of sp³-hybridized carbons (Fsp3) is 0.353. The number of cyclic esters (lactones) is 2. The van der Waals surface area contributed by atoms with Crippen molar-refractivity contribution in [1.29, 1.82) is 0 Å². The van der Waals surface area contributed by atoms with Gasteiger partial charge in [0.05, 0.1) is 0 Å². The van der Waals surface area contributed by atoms with Crippen molar-refractivity contribution >= 4 is 29.2 Å². The molecule has 0 saturated carbocycles. The Kier molecular flexibility index (Phi) is 5.23. The zero-order valence-electron chi connectivity index (χ0n) is 13.8. The third-order valence-electron chi connectivity index (χ3n) is 3.12. The molecule has 2 rings (SSSR count). The van der Waals surface area contributed by atoms with Gasteiger partial charge < -0.3 is 20.1 Å². The average molecular weight is 332 g/mol. The molecule has 7 heteroatoms. The van der Waals surface area contributed by atoms with Gasteiger partial charge in [0.1, 0.15) is 0 Å². The highest BCUT2D eigenvalue weighted by Gasteiger charge is 2.38. The van der Waals surface area contributed by atoms with Crippen molar-refractivity contribution in [2.45, 2.75) is 39.4 Å². The Bertz CT molecular complexity index is 672. The first-order chi connectivity index (χ1) is 11.3. The minimum atomic E-state index is -1.27. The van der Waals surface area contributed by atoms with E-state index in [1.54, 1.807) is 24.3 Å². The molecule has 0 aliphatic carbocycles. The SMILES string of the molecule is CCCC(=O)Nc1cccc(NC=C2C(=O)OC(C)(C)OC2=O)c1. The molecule has 0 unspecified atom stereocenters. The Morgan fingerprint density at radius 2 is 1.79 bits per heavy atom. The molecule has 1 aliphatic rings. The summed E-state index contributed by atoms with van der Waals surface area (Å²) in [6, 6.07) is 6.91. The Balaban J connectivity index is 2.07. The third kappa shape index (κ3) is 4.58. The largest absolute Gasteiger partial charge is 0.419 e. The standard InChI is InChI=1S/C17H20N2O5/c1-4-6-14(20)19-12-8-5-7-11(9-12)18-10-13-15(21)23-17(2,3)24-16(13)22/h5,7-10,18H,4,6H2,1-3H3,(H,19,20). The van der Waals surface area contributed by atoms with Gasteiger partial charge >= 0.3 is 11.9 Å². The number of hydrogen-bond acceptors (Lipinski definition) is 6. The predicted octanol–water partition coefficient (Wildman–Crippen LogP) is 2.56. The zero-order valence-corrected chi connectivity index (χ0v) is 13.8. The lowest BCUT2D eigenvalue weighted by atomic mass is 10.2. The van der Waals surface area contributed by atoms with Crippen LogP contribution in [-0.2, 0) is 23.9 Å². The minimum Gasteiger partial charge on any atom is -0.419 e. The van der Waals surface area contributed by atoms with Gasteiger partial charge in [-0.25, -0.2) is 9.59 Å². The number of ether oxygens (including phenoxy) is 2. The lowest BCUT2D eigenvalue weighted by Crippen LogP contribution is -2.42. The Morgan fingerprint density at radius 3 is 2.42 bits per heavy atom. The summed E-state index contributed by atoms with van der Waals surface area (Å²) in [7, 11) is 0. The van der Waals surface area contributed by atoms with E-state index in [2.05, 4.69) is 10.6 Å². The van der Waals surface area contributed by atoms with E-state index < -0.39 is 17.7 Å². The topological polar surface area (TPSA) is 93.7 Å². The number of amides is 1. The fourth-order valence-corrected chi connectivity index (χ4v) is 2.07. The number of carbonyl (C=O) groups excluding carboxylic acids is 3. The van der Waals surface area contributed by atoms with Crippen LogP contribution in [0.4, 0.5) is 11.4 Å². The molecule has 1 heterocycles. The molecule has 1 fully saturated rings. The molecular weight excluding hydrogens is 312 g/mol. The first kappa shape index (κ1) is 17.5. The summed E-state index contributed by atoms with van der Waals surface area (Å²) in [6.07, 6.45) is 2.43. The highest BCUT2D eigenvalue weighted by Crippen LogP contribution is 2.23. The van der Waals surface area contributed by atoms with Crippen LogP contribution >= 0.6 is 0 Å². The van der Waals surface area contributed by atoms with E-state index in [-0.39, 0.29) is 11.5 Å². The second-order valence-electron chi connectivity index (χ2n) is 5.76. The van der Waals surface area contributed by atoms with Crippen LogP contribution in [0.1, 0.15) is 33.6 Å². The molecule has 0 radical (unpaired) electrons. The summed E-state index contributed by atoms with van der Waals surface area (Å²) < 4.78 is 10.0.